The lowest BCUT2D eigenvalue weighted by Gasteiger charge is -2.28. The van der Waals surface area contributed by atoms with Crippen molar-refractivity contribution in [2.24, 2.45) is 11.8 Å². The van der Waals surface area contributed by atoms with Gasteiger partial charge in [-0.05, 0) is 47.5 Å². The first-order valence-electron chi connectivity index (χ1n) is 17.1. The first-order chi connectivity index (χ1) is 25.9. The number of ether oxygens (including phenoxy) is 11. The van der Waals surface area contributed by atoms with Crippen LogP contribution < -0.4 is 33.2 Å². The number of fused-ring (bicyclic) bond motifs is 1. The van der Waals surface area contributed by atoms with Crippen LogP contribution in [0.4, 0.5) is 0 Å². The molecule has 2 aliphatic heterocycles. The van der Waals surface area contributed by atoms with Gasteiger partial charge in [-0.3, -0.25) is 19.2 Å². The van der Waals surface area contributed by atoms with E-state index < -0.39 is 36.1 Å². The first-order valence-corrected chi connectivity index (χ1v) is 17.1. The van der Waals surface area contributed by atoms with E-state index in [1.165, 1.54) is 62.2 Å². The summed E-state index contributed by atoms with van der Waals surface area (Å²) in [6, 6.07) is 13.5. The molecule has 6 atom stereocenters. The van der Waals surface area contributed by atoms with Crippen molar-refractivity contribution in [3.8, 4) is 40.2 Å². The van der Waals surface area contributed by atoms with Gasteiger partial charge < -0.3 is 52.1 Å². The molecule has 0 spiro atoms. The van der Waals surface area contributed by atoms with Gasteiger partial charge in [0.1, 0.15) is 6.61 Å². The number of esters is 4. The molecule has 290 valence electrons. The van der Waals surface area contributed by atoms with Crippen LogP contribution in [-0.2, 0) is 38.1 Å². The second-order valence-electron chi connectivity index (χ2n) is 12.6. The first kappa shape index (κ1) is 39.7. The van der Waals surface area contributed by atoms with Crippen LogP contribution in [0.3, 0.4) is 0 Å². The van der Waals surface area contributed by atoms with Gasteiger partial charge in [-0.2, -0.15) is 0 Å². The molecule has 0 radical (unpaired) electrons. The molecule has 15 nitrogen and oxygen atoms in total. The number of methoxy groups -OCH3 is 4. The SMILES string of the molecule is COc1cc([C@H](OC(C)=O)[C@@H](COC(C)=O)Oc2ccc([C@@H]3OC[C@@H]4[C@H]3CO[C@H]4c3cc(OC)c(OC(C)=O)c(OC)c3)cc2OC)ccc1OC(C)=O. The third-order valence-corrected chi connectivity index (χ3v) is 8.97. The normalized spacial score (nSPS) is 19.8. The standard InChI is InChI=1S/C39H44O15/c1-20(40)48-19-35(38(52-22(3)42)25-10-11-29(51-21(2)41)31(14-25)44-5)54-30-12-9-24(13-32(30)45-6)36-27-17-50-37(28(27)18-49-36)26-15-33(46-7)39(53-23(4)43)34(16-26)47-8/h9-16,27-28,35-38H,17-19H2,1-8H3/t27-,28-,35-,36+,37+,38+/m1/s1. The maximum absolute atomic E-state index is 12.4. The summed E-state index contributed by atoms with van der Waals surface area (Å²) in [5.41, 5.74) is 2.02. The van der Waals surface area contributed by atoms with Crippen LogP contribution in [0.5, 0.6) is 40.2 Å². The van der Waals surface area contributed by atoms with E-state index in [2.05, 4.69) is 0 Å². The molecule has 2 heterocycles. The van der Waals surface area contributed by atoms with Crippen LogP contribution in [0.2, 0.25) is 0 Å². The molecule has 3 aromatic rings. The van der Waals surface area contributed by atoms with Crippen molar-refractivity contribution >= 4 is 23.9 Å². The third-order valence-electron chi connectivity index (χ3n) is 8.97. The maximum Gasteiger partial charge on any atom is 0.308 e. The van der Waals surface area contributed by atoms with Gasteiger partial charge in [0.15, 0.2) is 46.7 Å². The molecule has 2 saturated heterocycles. The van der Waals surface area contributed by atoms with E-state index >= 15 is 0 Å². The van der Waals surface area contributed by atoms with Gasteiger partial charge in [-0.15, -0.1) is 0 Å². The highest BCUT2D eigenvalue weighted by atomic mass is 16.6. The van der Waals surface area contributed by atoms with E-state index in [1.807, 2.05) is 6.07 Å². The van der Waals surface area contributed by atoms with Crippen molar-refractivity contribution in [3.63, 3.8) is 0 Å². The minimum Gasteiger partial charge on any atom is -0.493 e. The van der Waals surface area contributed by atoms with Crippen LogP contribution in [-0.4, -0.2) is 78.2 Å². The van der Waals surface area contributed by atoms with Crippen molar-refractivity contribution in [2.75, 3.05) is 48.3 Å². The minimum atomic E-state index is -1.10. The van der Waals surface area contributed by atoms with Crippen LogP contribution in [0.1, 0.15) is 62.7 Å². The molecule has 0 aromatic heterocycles. The number of rotatable bonds is 15. The number of carbonyl (C=O) groups excluding carboxylic acids is 4. The number of benzene rings is 3. The quantitative estimate of drug-likeness (QED) is 0.145. The molecule has 54 heavy (non-hydrogen) atoms. The number of carbonyl (C=O) groups is 4. The smallest absolute Gasteiger partial charge is 0.308 e. The van der Waals surface area contributed by atoms with Crippen molar-refractivity contribution in [2.45, 2.75) is 52.1 Å². The maximum atomic E-state index is 12.4. The zero-order valence-corrected chi connectivity index (χ0v) is 31.3. The molecule has 0 bridgehead atoms. The summed E-state index contributed by atoms with van der Waals surface area (Å²) in [5.74, 6) is -0.428. The zero-order chi connectivity index (χ0) is 39.1. The summed E-state index contributed by atoms with van der Waals surface area (Å²) in [6.07, 6.45) is -2.85. The summed E-state index contributed by atoms with van der Waals surface area (Å²) in [7, 11) is 5.85. The lowest BCUT2D eigenvalue weighted by atomic mass is 9.84. The molecule has 5 rings (SSSR count). The fraction of sp³-hybridized carbons (Fsp3) is 0.436. The molecule has 0 N–H and O–H groups in total. The largest absolute Gasteiger partial charge is 0.493 e. The minimum absolute atomic E-state index is 0.0206. The van der Waals surface area contributed by atoms with Gasteiger partial charge in [-0.25, -0.2) is 0 Å². The summed E-state index contributed by atoms with van der Waals surface area (Å²) >= 11 is 0. The predicted octanol–water partition coefficient (Wildman–Crippen LogP) is 5.26. The van der Waals surface area contributed by atoms with Crippen molar-refractivity contribution in [1.29, 1.82) is 0 Å². The van der Waals surface area contributed by atoms with Gasteiger partial charge in [0.05, 0.1) is 53.9 Å². The Balaban J connectivity index is 1.41. The molecule has 2 aliphatic rings. The zero-order valence-electron chi connectivity index (χ0n) is 31.3. The average molecular weight is 753 g/mol. The Hall–Kier alpha value is -5.54. The van der Waals surface area contributed by atoms with Crippen molar-refractivity contribution in [3.05, 3.63) is 65.2 Å². The van der Waals surface area contributed by atoms with E-state index in [4.69, 9.17) is 52.1 Å². The number of hydrogen-bond donors (Lipinski definition) is 0. The topological polar surface area (TPSA) is 170 Å². The Morgan fingerprint density at radius 2 is 1.15 bits per heavy atom. The lowest BCUT2D eigenvalue weighted by Crippen LogP contribution is -2.34. The number of hydrogen-bond acceptors (Lipinski definition) is 15. The van der Waals surface area contributed by atoms with Crippen LogP contribution in [0, 0.1) is 11.8 Å². The van der Waals surface area contributed by atoms with Crippen molar-refractivity contribution < 1.29 is 71.3 Å². The summed E-state index contributed by atoms with van der Waals surface area (Å²) in [5, 5.41) is 0. The predicted molar refractivity (Wildman–Crippen MR) is 188 cm³/mol. The Kier molecular flexibility index (Phi) is 12.9. The van der Waals surface area contributed by atoms with Crippen LogP contribution in [0.25, 0.3) is 0 Å². The summed E-state index contributed by atoms with van der Waals surface area (Å²) in [4.78, 5) is 47.6. The fourth-order valence-corrected chi connectivity index (χ4v) is 6.69. The Labute approximate surface area is 312 Å². The Morgan fingerprint density at radius 1 is 0.611 bits per heavy atom. The molecule has 0 amide bonds. The second-order valence-corrected chi connectivity index (χ2v) is 12.6. The van der Waals surface area contributed by atoms with Crippen LogP contribution in [0.15, 0.2) is 48.5 Å². The van der Waals surface area contributed by atoms with Crippen molar-refractivity contribution in [1.82, 2.24) is 0 Å². The van der Waals surface area contributed by atoms with E-state index in [1.54, 1.807) is 36.4 Å². The van der Waals surface area contributed by atoms with E-state index in [9.17, 15) is 19.2 Å². The Bertz CT molecular complexity index is 1830. The molecule has 15 heteroatoms. The Morgan fingerprint density at radius 3 is 1.69 bits per heavy atom. The van der Waals surface area contributed by atoms with E-state index in [0.717, 1.165) is 11.1 Å². The lowest BCUT2D eigenvalue weighted by molar-refractivity contribution is -0.157. The molecule has 2 fully saturated rings. The highest BCUT2D eigenvalue weighted by Gasteiger charge is 2.48. The van der Waals surface area contributed by atoms with E-state index in [0.29, 0.717) is 36.0 Å². The van der Waals surface area contributed by atoms with Crippen LogP contribution >= 0.6 is 0 Å². The molecule has 0 aliphatic carbocycles. The second kappa shape index (κ2) is 17.5. The van der Waals surface area contributed by atoms with Gasteiger partial charge in [0.25, 0.3) is 0 Å². The molecular formula is C39H44O15. The van der Waals surface area contributed by atoms with Gasteiger partial charge >= 0.3 is 23.9 Å². The molecule has 0 saturated carbocycles. The fourth-order valence-electron chi connectivity index (χ4n) is 6.69. The highest BCUT2D eigenvalue weighted by molar-refractivity contribution is 5.73. The van der Waals surface area contributed by atoms with E-state index in [-0.39, 0.29) is 53.6 Å². The van der Waals surface area contributed by atoms with Gasteiger partial charge in [0, 0.05) is 45.1 Å². The van der Waals surface area contributed by atoms with Gasteiger partial charge in [-0.1, -0.05) is 12.1 Å². The molecular weight excluding hydrogens is 708 g/mol. The molecule has 3 aromatic carbocycles. The average Bonchev–Trinajstić information content (AvgIpc) is 3.75. The highest BCUT2D eigenvalue weighted by Crippen LogP contribution is 2.53. The summed E-state index contributed by atoms with van der Waals surface area (Å²) in [6.45, 7) is 5.58. The molecule has 0 unspecified atom stereocenters. The third kappa shape index (κ3) is 8.97. The van der Waals surface area contributed by atoms with Gasteiger partial charge in [0.2, 0.25) is 5.75 Å². The summed E-state index contributed by atoms with van der Waals surface area (Å²) < 4.78 is 63.0. The monoisotopic (exact) mass is 752 g/mol.